The first-order valence-electron chi connectivity index (χ1n) is 10.7. The van der Waals surface area contributed by atoms with Gasteiger partial charge in [-0.2, -0.15) is 18.4 Å². The highest BCUT2D eigenvalue weighted by Gasteiger charge is 2.25. The zero-order valence-electron chi connectivity index (χ0n) is 19.4. The number of rotatable bonds is 8. The average Bonchev–Trinajstić information content (AvgIpc) is 2.88. The minimum Gasteiger partial charge on any atom is -0.382 e. The number of non-ortho nitro benzene ring substituents is 2. The second-order valence-electron chi connectivity index (χ2n) is 8.03. The Labute approximate surface area is 213 Å². The van der Waals surface area contributed by atoms with Crippen molar-refractivity contribution in [2.75, 3.05) is 0 Å². The van der Waals surface area contributed by atoms with Gasteiger partial charge < -0.3 is 10.1 Å². The molecule has 1 unspecified atom stereocenters. The minimum absolute atomic E-state index is 0.0253. The maximum absolute atomic E-state index is 12.9. The van der Waals surface area contributed by atoms with Crippen LogP contribution in [0.4, 0.5) is 11.4 Å². The first-order valence-corrected chi connectivity index (χ1v) is 12.2. The van der Waals surface area contributed by atoms with E-state index in [-0.39, 0.29) is 32.9 Å². The van der Waals surface area contributed by atoms with E-state index in [4.69, 9.17) is 0 Å². The number of nitrogens with one attached hydrogen (secondary N) is 2. The van der Waals surface area contributed by atoms with Crippen LogP contribution in [0.25, 0.3) is 11.0 Å². The predicted octanol–water partition coefficient (Wildman–Crippen LogP) is 2.46. The summed E-state index contributed by atoms with van der Waals surface area (Å²) in [6.45, 7) is 1.77. The minimum atomic E-state index is -4.24. The summed E-state index contributed by atoms with van der Waals surface area (Å²) < 4.78 is 25.6. The molecule has 4 aromatic rings. The number of hydrogen-bond donors (Lipinski definition) is 3. The lowest BCUT2D eigenvalue weighted by molar-refractivity contribution is -0.385. The van der Waals surface area contributed by atoms with Crippen LogP contribution >= 0.6 is 0 Å². The number of hydrogen-bond acceptors (Lipinski definition) is 10. The van der Waals surface area contributed by atoms with Gasteiger partial charge in [0.1, 0.15) is 11.8 Å². The van der Waals surface area contributed by atoms with Crippen molar-refractivity contribution in [3.8, 4) is 0 Å². The van der Waals surface area contributed by atoms with E-state index in [0.717, 1.165) is 29.8 Å². The van der Waals surface area contributed by atoms with Crippen LogP contribution in [0.3, 0.4) is 0 Å². The van der Waals surface area contributed by atoms with Crippen molar-refractivity contribution in [2.24, 2.45) is 5.10 Å². The summed E-state index contributed by atoms with van der Waals surface area (Å²) in [7, 11) is -4.24. The number of aliphatic hydroxyl groups is 1. The molecule has 1 heterocycles. The number of aromatic nitrogens is 2. The molecule has 0 fully saturated rings. The third-order valence-electron chi connectivity index (χ3n) is 5.43. The third kappa shape index (κ3) is 5.37. The van der Waals surface area contributed by atoms with E-state index in [9.17, 15) is 38.5 Å². The molecule has 0 aliphatic carbocycles. The maximum atomic E-state index is 12.9. The normalized spacial score (nSPS) is 12.7. The summed E-state index contributed by atoms with van der Waals surface area (Å²) in [4.78, 5) is 42.1. The van der Waals surface area contributed by atoms with Gasteiger partial charge in [0, 0.05) is 24.3 Å². The van der Waals surface area contributed by atoms with Crippen molar-refractivity contribution in [2.45, 2.75) is 17.9 Å². The van der Waals surface area contributed by atoms with E-state index in [1.165, 1.54) is 30.3 Å². The molecule has 0 radical (unpaired) electrons. The Morgan fingerprint density at radius 1 is 1.00 bits per heavy atom. The van der Waals surface area contributed by atoms with E-state index in [1.807, 2.05) is 4.83 Å². The molecule has 1 atom stereocenters. The Bertz CT molecular complexity index is 1750. The lowest BCUT2D eigenvalue weighted by Crippen LogP contribution is -2.29. The number of H-pyrrole nitrogens is 1. The highest BCUT2D eigenvalue weighted by atomic mass is 32.2. The Kier molecular flexibility index (Phi) is 6.96. The summed E-state index contributed by atoms with van der Waals surface area (Å²) in [6, 6.07) is 14.0. The van der Waals surface area contributed by atoms with Crippen LogP contribution in [0.15, 0.2) is 81.5 Å². The summed E-state index contributed by atoms with van der Waals surface area (Å²) in [5.74, 6) is 0. The molecule has 194 valence electrons. The Hall–Kier alpha value is -5.02. The van der Waals surface area contributed by atoms with Crippen LogP contribution in [0.2, 0.25) is 0 Å². The van der Waals surface area contributed by atoms with Crippen molar-refractivity contribution in [1.82, 2.24) is 14.8 Å². The molecule has 0 spiro atoms. The number of aliphatic hydroxyl groups excluding tert-OH is 1. The highest BCUT2D eigenvalue weighted by molar-refractivity contribution is 7.89. The fourth-order valence-electron chi connectivity index (χ4n) is 3.42. The third-order valence-corrected chi connectivity index (χ3v) is 6.65. The van der Waals surface area contributed by atoms with E-state index in [1.54, 1.807) is 19.1 Å². The molecular formula is C23H18N6O8S. The van der Waals surface area contributed by atoms with Gasteiger partial charge in [0.05, 0.1) is 25.8 Å². The summed E-state index contributed by atoms with van der Waals surface area (Å²) in [5.41, 5.74) is -1.50. The van der Waals surface area contributed by atoms with Crippen molar-refractivity contribution in [3.63, 3.8) is 0 Å². The standard InChI is InChI=1S/C23H18N6O8S/c1-13-2-9-17(10-3-13)38(36,37)27-26-20(22(30)14-4-6-15(7-5-14)28(32)33)21-23(31)25-19-12-16(29(34)35)8-11-18(19)24-21/h2-12,22,27,30H,1H3,(H,25,31)/b26-20+. The Balaban J connectivity index is 1.83. The number of aryl methyl sites for hydroxylation is 1. The quantitative estimate of drug-likeness (QED) is 0.170. The van der Waals surface area contributed by atoms with Crippen LogP contribution in [-0.4, -0.2) is 39.1 Å². The molecular weight excluding hydrogens is 520 g/mol. The number of nitro groups is 2. The second kappa shape index (κ2) is 10.2. The van der Waals surface area contributed by atoms with E-state index in [2.05, 4.69) is 15.1 Å². The molecule has 0 bridgehead atoms. The van der Waals surface area contributed by atoms with Crippen LogP contribution in [0, 0.1) is 27.2 Å². The second-order valence-corrected chi connectivity index (χ2v) is 9.69. The zero-order valence-corrected chi connectivity index (χ0v) is 20.2. The fourth-order valence-corrected chi connectivity index (χ4v) is 4.24. The molecule has 4 rings (SSSR count). The summed E-state index contributed by atoms with van der Waals surface area (Å²) >= 11 is 0. The molecule has 15 heteroatoms. The van der Waals surface area contributed by atoms with Gasteiger partial charge in [-0.3, -0.25) is 25.0 Å². The first kappa shape index (κ1) is 26.1. The molecule has 0 aliphatic rings. The van der Waals surface area contributed by atoms with Crippen LogP contribution < -0.4 is 10.4 Å². The SMILES string of the molecule is Cc1ccc(S(=O)(=O)N/N=C(\c2nc3ccc([N+](=O)[O-])cc3[nH]c2=O)C(O)c2ccc([N+](=O)[O-])cc2)cc1. The number of fused-ring (bicyclic) bond motifs is 1. The maximum Gasteiger partial charge on any atom is 0.276 e. The monoisotopic (exact) mass is 538 g/mol. The number of sulfonamides is 1. The topological polar surface area (TPSA) is 211 Å². The van der Waals surface area contributed by atoms with Crippen molar-refractivity contribution in [1.29, 1.82) is 0 Å². The van der Waals surface area contributed by atoms with Gasteiger partial charge in [0.15, 0.2) is 5.69 Å². The van der Waals surface area contributed by atoms with Gasteiger partial charge in [-0.05, 0) is 42.8 Å². The number of benzene rings is 3. The van der Waals surface area contributed by atoms with E-state index >= 15 is 0 Å². The summed E-state index contributed by atoms with van der Waals surface area (Å²) in [6.07, 6.45) is -1.75. The molecule has 3 aromatic carbocycles. The van der Waals surface area contributed by atoms with Crippen molar-refractivity contribution in [3.05, 3.63) is 114 Å². The van der Waals surface area contributed by atoms with Gasteiger partial charge in [-0.15, -0.1) is 0 Å². The lowest BCUT2D eigenvalue weighted by atomic mass is 10.0. The number of aromatic amines is 1. The van der Waals surface area contributed by atoms with Gasteiger partial charge in [0.2, 0.25) is 0 Å². The highest BCUT2D eigenvalue weighted by Crippen LogP contribution is 2.23. The van der Waals surface area contributed by atoms with Gasteiger partial charge in [-0.25, -0.2) is 4.98 Å². The van der Waals surface area contributed by atoms with Gasteiger partial charge >= 0.3 is 0 Å². The first-order chi connectivity index (χ1) is 18.0. The Morgan fingerprint density at radius 2 is 1.61 bits per heavy atom. The van der Waals surface area contributed by atoms with Crippen LogP contribution in [0.1, 0.15) is 22.9 Å². The lowest BCUT2D eigenvalue weighted by Gasteiger charge is -2.14. The van der Waals surface area contributed by atoms with Crippen LogP contribution in [-0.2, 0) is 10.0 Å². The fraction of sp³-hybridized carbons (Fsp3) is 0.0870. The Morgan fingerprint density at radius 3 is 2.21 bits per heavy atom. The largest absolute Gasteiger partial charge is 0.382 e. The van der Waals surface area contributed by atoms with Crippen LogP contribution in [0.5, 0.6) is 0 Å². The number of nitrogens with zero attached hydrogens (tertiary/aromatic N) is 4. The predicted molar refractivity (Wildman–Crippen MR) is 135 cm³/mol. The van der Waals surface area contributed by atoms with E-state index < -0.39 is 42.9 Å². The van der Waals surface area contributed by atoms with E-state index in [0.29, 0.717) is 0 Å². The molecule has 0 saturated heterocycles. The molecule has 1 aromatic heterocycles. The van der Waals surface area contributed by atoms with Crippen molar-refractivity contribution < 1.29 is 23.4 Å². The summed E-state index contributed by atoms with van der Waals surface area (Å²) in [5, 5.41) is 36.9. The zero-order chi connectivity index (χ0) is 27.6. The molecule has 0 saturated carbocycles. The molecule has 0 aliphatic heterocycles. The van der Waals surface area contributed by atoms with Gasteiger partial charge in [0.25, 0.3) is 27.0 Å². The molecule has 38 heavy (non-hydrogen) atoms. The molecule has 3 N–H and O–H groups in total. The molecule has 0 amide bonds. The van der Waals surface area contributed by atoms with Crippen molar-refractivity contribution >= 4 is 38.1 Å². The number of nitro benzene ring substituents is 2. The van der Waals surface area contributed by atoms with Gasteiger partial charge in [-0.1, -0.05) is 17.7 Å². The molecule has 14 nitrogen and oxygen atoms in total. The number of hydrazone groups is 1. The average molecular weight is 538 g/mol. The smallest absolute Gasteiger partial charge is 0.276 e.